The number of nitrogens with zero attached hydrogens (tertiary/aromatic N) is 6. The van der Waals surface area contributed by atoms with Crippen LogP contribution in [0.25, 0.3) is 5.82 Å². The van der Waals surface area contributed by atoms with E-state index in [4.69, 9.17) is 4.74 Å². The summed E-state index contributed by atoms with van der Waals surface area (Å²) in [5.41, 5.74) is 2.48. The molecule has 1 fully saturated rings. The zero-order valence-corrected chi connectivity index (χ0v) is 19.6. The zero-order chi connectivity index (χ0) is 24.4. The lowest BCUT2D eigenvalue weighted by atomic mass is 10.1. The molecule has 0 aliphatic carbocycles. The molecule has 1 amide bonds. The van der Waals surface area contributed by atoms with Crippen LogP contribution in [0.15, 0.2) is 66.7 Å². The standard InChI is InChI=1S/C26H25FN6O2/c1-18-16-19(2)33(30-18)25-11-10-24(28-29-25)31-12-14-32(15-13-31)26(34)20-4-3-5-23(17-20)35-22-8-6-21(27)7-9-22/h3-11,16-17H,12-15H2,1-2H3. The monoisotopic (exact) mass is 472 g/mol. The van der Waals surface area contributed by atoms with Gasteiger partial charge < -0.3 is 14.5 Å². The third-order valence-corrected chi connectivity index (χ3v) is 5.88. The molecule has 2 aromatic carbocycles. The number of benzene rings is 2. The number of piperazine rings is 1. The van der Waals surface area contributed by atoms with Gasteiger partial charge in [0.1, 0.15) is 17.3 Å². The third kappa shape index (κ3) is 4.98. The van der Waals surface area contributed by atoms with E-state index in [1.54, 1.807) is 41.1 Å². The van der Waals surface area contributed by atoms with Crippen molar-refractivity contribution in [2.24, 2.45) is 0 Å². The SMILES string of the molecule is Cc1cc(C)n(-c2ccc(N3CCN(C(=O)c4cccc(Oc5ccc(F)cc5)c4)CC3)nn2)n1. The summed E-state index contributed by atoms with van der Waals surface area (Å²) in [6, 6.07) is 18.6. The molecule has 35 heavy (non-hydrogen) atoms. The van der Waals surface area contributed by atoms with Gasteiger partial charge in [-0.3, -0.25) is 4.79 Å². The summed E-state index contributed by atoms with van der Waals surface area (Å²) in [5, 5.41) is 13.2. The van der Waals surface area contributed by atoms with Crippen LogP contribution in [0, 0.1) is 19.7 Å². The van der Waals surface area contributed by atoms with Crippen LogP contribution in [0.4, 0.5) is 10.2 Å². The van der Waals surface area contributed by atoms with E-state index in [2.05, 4.69) is 20.2 Å². The second kappa shape index (κ2) is 9.54. The Morgan fingerprint density at radius 1 is 0.857 bits per heavy atom. The molecule has 8 nitrogen and oxygen atoms in total. The van der Waals surface area contributed by atoms with Crippen LogP contribution in [0.2, 0.25) is 0 Å². The van der Waals surface area contributed by atoms with Gasteiger partial charge in [-0.05, 0) is 74.5 Å². The van der Waals surface area contributed by atoms with E-state index >= 15 is 0 Å². The van der Waals surface area contributed by atoms with E-state index in [1.807, 2.05) is 36.9 Å². The second-order valence-electron chi connectivity index (χ2n) is 8.45. The van der Waals surface area contributed by atoms with Crippen LogP contribution in [-0.4, -0.2) is 57.0 Å². The fraction of sp³-hybridized carbons (Fsp3) is 0.231. The van der Waals surface area contributed by atoms with Crippen molar-refractivity contribution in [2.45, 2.75) is 13.8 Å². The fourth-order valence-corrected chi connectivity index (χ4v) is 4.11. The Balaban J connectivity index is 1.20. The largest absolute Gasteiger partial charge is 0.457 e. The first-order valence-corrected chi connectivity index (χ1v) is 11.4. The summed E-state index contributed by atoms with van der Waals surface area (Å²) in [7, 11) is 0. The van der Waals surface area contributed by atoms with E-state index in [-0.39, 0.29) is 11.7 Å². The minimum Gasteiger partial charge on any atom is -0.457 e. The van der Waals surface area contributed by atoms with Gasteiger partial charge in [-0.1, -0.05) is 6.07 Å². The Morgan fingerprint density at radius 2 is 1.57 bits per heavy atom. The van der Waals surface area contributed by atoms with Crippen LogP contribution in [0.5, 0.6) is 11.5 Å². The number of rotatable bonds is 5. The molecule has 0 N–H and O–H groups in total. The van der Waals surface area contributed by atoms with Gasteiger partial charge in [-0.2, -0.15) is 5.10 Å². The highest BCUT2D eigenvalue weighted by molar-refractivity contribution is 5.94. The lowest BCUT2D eigenvalue weighted by Crippen LogP contribution is -2.49. The van der Waals surface area contributed by atoms with Crippen LogP contribution in [0.1, 0.15) is 21.7 Å². The van der Waals surface area contributed by atoms with Gasteiger partial charge in [0, 0.05) is 37.4 Å². The first-order valence-electron chi connectivity index (χ1n) is 11.4. The fourth-order valence-electron chi connectivity index (χ4n) is 4.11. The number of carbonyl (C=O) groups is 1. The Bertz CT molecular complexity index is 1330. The molecule has 4 aromatic rings. The van der Waals surface area contributed by atoms with E-state index < -0.39 is 0 Å². The first-order chi connectivity index (χ1) is 17.0. The molecular weight excluding hydrogens is 447 g/mol. The van der Waals surface area contributed by atoms with Crippen molar-refractivity contribution in [1.82, 2.24) is 24.9 Å². The molecule has 0 unspecified atom stereocenters. The average molecular weight is 473 g/mol. The molecule has 0 bridgehead atoms. The molecule has 0 radical (unpaired) electrons. The Morgan fingerprint density at radius 3 is 2.23 bits per heavy atom. The number of anilines is 1. The van der Waals surface area contributed by atoms with E-state index in [9.17, 15) is 9.18 Å². The maximum absolute atomic E-state index is 13.1. The van der Waals surface area contributed by atoms with Crippen molar-refractivity contribution in [3.8, 4) is 17.3 Å². The van der Waals surface area contributed by atoms with Crippen LogP contribution in [-0.2, 0) is 0 Å². The molecule has 2 aromatic heterocycles. The summed E-state index contributed by atoms with van der Waals surface area (Å²) in [4.78, 5) is 17.0. The normalized spacial score (nSPS) is 13.7. The molecule has 5 rings (SSSR count). The topological polar surface area (TPSA) is 76.4 Å². The van der Waals surface area contributed by atoms with E-state index in [0.29, 0.717) is 49.1 Å². The highest BCUT2D eigenvalue weighted by Crippen LogP contribution is 2.24. The highest BCUT2D eigenvalue weighted by atomic mass is 19.1. The lowest BCUT2D eigenvalue weighted by Gasteiger charge is -2.35. The van der Waals surface area contributed by atoms with Gasteiger partial charge in [0.05, 0.1) is 5.69 Å². The summed E-state index contributed by atoms with van der Waals surface area (Å²) in [5.74, 6) is 2.10. The van der Waals surface area contributed by atoms with Gasteiger partial charge in [0.2, 0.25) is 0 Å². The molecule has 178 valence electrons. The van der Waals surface area contributed by atoms with Crippen molar-refractivity contribution in [3.05, 3.63) is 89.5 Å². The van der Waals surface area contributed by atoms with E-state index in [1.165, 1.54) is 12.1 Å². The molecule has 1 saturated heterocycles. The minimum absolute atomic E-state index is 0.0554. The van der Waals surface area contributed by atoms with Crippen molar-refractivity contribution in [3.63, 3.8) is 0 Å². The number of ether oxygens (including phenoxy) is 1. The molecule has 0 spiro atoms. The lowest BCUT2D eigenvalue weighted by molar-refractivity contribution is 0.0746. The third-order valence-electron chi connectivity index (χ3n) is 5.88. The van der Waals surface area contributed by atoms with Gasteiger partial charge in [0.15, 0.2) is 11.6 Å². The van der Waals surface area contributed by atoms with Gasteiger partial charge >= 0.3 is 0 Å². The molecular formula is C26H25FN6O2. The van der Waals surface area contributed by atoms with Crippen molar-refractivity contribution in [2.75, 3.05) is 31.1 Å². The van der Waals surface area contributed by atoms with Crippen LogP contribution >= 0.6 is 0 Å². The predicted molar refractivity (Wildman–Crippen MR) is 130 cm³/mol. The maximum atomic E-state index is 13.1. The second-order valence-corrected chi connectivity index (χ2v) is 8.45. The summed E-state index contributed by atoms with van der Waals surface area (Å²) in [6.07, 6.45) is 0. The Hall–Kier alpha value is -4.27. The number of aryl methyl sites for hydroxylation is 2. The maximum Gasteiger partial charge on any atom is 0.254 e. The molecule has 0 atom stereocenters. The number of hydrogen-bond donors (Lipinski definition) is 0. The van der Waals surface area contributed by atoms with Crippen molar-refractivity contribution >= 4 is 11.7 Å². The summed E-state index contributed by atoms with van der Waals surface area (Å²) < 4.78 is 20.7. The minimum atomic E-state index is -0.328. The molecule has 1 aliphatic heterocycles. The predicted octanol–water partition coefficient (Wildman–Crippen LogP) is 4.17. The van der Waals surface area contributed by atoms with Gasteiger partial charge in [-0.25, -0.2) is 9.07 Å². The average Bonchev–Trinajstić information content (AvgIpc) is 3.23. The Labute approximate surface area is 202 Å². The van der Waals surface area contributed by atoms with Gasteiger partial charge in [0.25, 0.3) is 5.91 Å². The molecule has 9 heteroatoms. The quantitative estimate of drug-likeness (QED) is 0.434. The van der Waals surface area contributed by atoms with Crippen molar-refractivity contribution < 1.29 is 13.9 Å². The molecule has 1 aliphatic rings. The van der Waals surface area contributed by atoms with Crippen LogP contribution < -0.4 is 9.64 Å². The smallest absolute Gasteiger partial charge is 0.254 e. The van der Waals surface area contributed by atoms with E-state index in [0.717, 1.165) is 17.2 Å². The number of amides is 1. The Kier molecular flexibility index (Phi) is 6.13. The first kappa shape index (κ1) is 22.5. The summed E-state index contributed by atoms with van der Waals surface area (Å²) in [6.45, 7) is 6.39. The van der Waals surface area contributed by atoms with Crippen LogP contribution in [0.3, 0.4) is 0 Å². The van der Waals surface area contributed by atoms with Crippen molar-refractivity contribution in [1.29, 1.82) is 0 Å². The number of carbonyl (C=O) groups excluding carboxylic acids is 1. The number of aromatic nitrogens is 4. The number of halogens is 1. The highest BCUT2D eigenvalue weighted by Gasteiger charge is 2.23. The number of hydrogen-bond acceptors (Lipinski definition) is 6. The molecule has 3 heterocycles. The zero-order valence-electron chi connectivity index (χ0n) is 19.6. The molecule has 0 saturated carbocycles. The van der Waals surface area contributed by atoms with Gasteiger partial charge in [-0.15, -0.1) is 10.2 Å². The summed E-state index contributed by atoms with van der Waals surface area (Å²) >= 11 is 0.